The predicted octanol–water partition coefficient (Wildman–Crippen LogP) is 2.99. The number of rotatable bonds is 5. The van der Waals surface area contributed by atoms with E-state index in [1.54, 1.807) is 25.3 Å². The molecule has 110 valence electrons. The van der Waals surface area contributed by atoms with Gasteiger partial charge in [-0.25, -0.2) is 0 Å². The van der Waals surface area contributed by atoms with Crippen LogP contribution in [0.3, 0.4) is 0 Å². The molecule has 2 aromatic rings. The van der Waals surface area contributed by atoms with Crippen LogP contribution in [0.15, 0.2) is 42.5 Å². The average molecular weight is 305 g/mol. The third kappa shape index (κ3) is 3.97. The standard InChI is InChI=1S/C16H17ClN2O2/c1-21-15-7-6-13(9-14(15)17)19-16(20)8-11-4-2-3-5-12(11)10-18/h2-7,9H,8,10,18H2,1H3,(H,19,20). The lowest BCUT2D eigenvalue weighted by Gasteiger charge is -2.10. The van der Waals surface area contributed by atoms with Crippen LogP contribution in [-0.4, -0.2) is 13.0 Å². The minimum absolute atomic E-state index is 0.114. The monoisotopic (exact) mass is 304 g/mol. The summed E-state index contributed by atoms with van der Waals surface area (Å²) in [5.74, 6) is 0.459. The van der Waals surface area contributed by atoms with Gasteiger partial charge in [-0.1, -0.05) is 35.9 Å². The first-order chi connectivity index (χ1) is 10.1. The van der Waals surface area contributed by atoms with E-state index in [-0.39, 0.29) is 12.3 Å². The highest BCUT2D eigenvalue weighted by atomic mass is 35.5. The maximum absolute atomic E-state index is 12.1. The van der Waals surface area contributed by atoms with Gasteiger partial charge >= 0.3 is 0 Å². The quantitative estimate of drug-likeness (QED) is 0.892. The fourth-order valence-electron chi connectivity index (χ4n) is 2.05. The summed E-state index contributed by atoms with van der Waals surface area (Å²) >= 11 is 6.03. The van der Waals surface area contributed by atoms with Crippen LogP contribution in [0.5, 0.6) is 5.75 Å². The highest BCUT2D eigenvalue weighted by Gasteiger charge is 2.08. The van der Waals surface area contributed by atoms with Crippen molar-refractivity contribution < 1.29 is 9.53 Å². The zero-order valence-corrected chi connectivity index (χ0v) is 12.5. The van der Waals surface area contributed by atoms with Gasteiger partial charge < -0.3 is 15.8 Å². The number of hydrogen-bond donors (Lipinski definition) is 2. The van der Waals surface area contributed by atoms with Gasteiger partial charge in [0.05, 0.1) is 18.6 Å². The Labute approximate surface area is 128 Å². The summed E-state index contributed by atoms with van der Waals surface area (Å²) in [5, 5.41) is 3.27. The van der Waals surface area contributed by atoms with Crippen molar-refractivity contribution in [1.82, 2.24) is 0 Å². The molecule has 0 unspecified atom stereocenters. The second kappa shape index (κ2) is 7.11. The molecule has 0 spiro atoms. The maximum Gasteiger partial charge on any atom is 0.228 e. The van der Waals surface area contributed by atoms with Crippen LogP contribution in [0.2, 0.25) is 5.02 Å². The number of nitrogens with one attached hydrogen (secondary N) is 1. The second-order valence-corrected chi connectivity index (χ2v) is 4.95. The number of amides is 1. The number of benzene rings is 2. The molecule has 0 aliphatic rings. The number of anilines is 1. The van der Waals surface area contributed by atoms with Crippen LogP contribution in [-0.2, 0) is 17.8 Å². The van der Waals surface area contributed by atoms with Crippen molar-refractivity contribution >= 4 is 23.2 Å². The lowest BCUT2D eigenvalue weighted by molar-refractivity contribution is -0.115. The van der Waals surface area contributed by atoms with Crippen molar-refractivity contribution in [2.24, 2.45) is 5.73 Å². The number of hydrogen-bond acceptors (Lipinski definition) is 3. The topological polar surface area (TPSA) is 64.3 Å². The molecular formula is C16H17ClN2O2. The van der Waals surface area contributed by atoms with Crippen molar-refractivity contribution in [3.63, 3.8) is 0 Å². The highest BCUT2D eigenvalue weighted by Crippen LogP contribution is 2.27. The van der Waals surface area contributed by atoms with E-state index in [1.807, 2.05) is 24.3 Å². The molecule has 0 aliphatic carbocycles. The van der Waals surface area contributed by atoms with Crippen molar-refractivity contribution in [1.29, 1.82) is 0 Å². The summed E-state index contributed by atoms with van der Waals surface area (Å²) in [6, 6.07) is 12.8. The Hall–Kier alpha value is -2.04. The SMILES string of the molecule is COc1ccc(NC(=O)Cc2ccccc2CN)cc1Cl. The summed E-state index contributed by atoms with van der Waals surface area (Å²) in [7, 11) is 1.54. The van der Waals surface area contributed by atoms with Crippen molar-refractivity contribution in [2.45, 2.75) is 13.0 Å². The zero-order chi connectivity index (χ0) is 15.2. The molecule has 0 aliphatic heterocycles. The van der Waals surface area contributed by atoms with Gasteiger partial charge in [0, 0.05) is 12.2 Å². The van der Waals surface area contributed by atoms with Crippen LogP contribution in [0, 0.1) is 0 Å². The third-order valence-electron chi connectivity index (χ3n) is 3.12. The Morgan fingerprint density at radius 3 is 2.57 bits per heavy atom. The molecule has 0 saturated carbocycles. The van der Waals surface area contributed by atoms with Gasteiger partial charge in [-0.15, -0.1) is 0 Å². The van der Waals surface area contributed by atoms with Gasteiger partial charge in [-0.2, -0.15) is 0 Å². The molecule has 0 fully saturated rings. The van der Waals surface area contributed by atoms with Crippen molar-refractivity contribution in [2.75, 3.05) is 12.4 Å². The first kappa shape index (κ1) is 15.4. The Morgan fingerprint density at radius 2 is 1.95 bits per heavy atom. The fraction of sp³-hybridized carbons (Fsp3) is 0.188. The zero-order valence-electron chi connectivity index (χ0n) is 11.7. The highest BCUT2D eigenvalue weighted by molar-refractivity contribution is 6.32. The van der Waals surface area contributed by atoms with Crippen LogP contribution in [0.1, 0.15) is 11.1 Å². The normalized spacial score (nSPS) is 10.2. The van der Waals surface area contributed by atoms with E-state index in [0.29, 0.717) is 23.0 Å². The minimum Gasteiger partial charge on any atom is -0.495 e. The predicted molar refractivity (Wildman–Crippen MR) is 84.7 cm³/mol. The lowest BCUT2D eigenvalue weighted by atomic mass is 10.0. The third-order valence-corrected chi connectivity index (χ3v) is 3.42. The van der Waals surface area contributed by atoms with Crippen LogP contribution in [0.4, 0.5) is 5.69 Å². The summed E-state index contributed by atoms with van der Waals surface area (Å²) in [6.07, 6.45) is 0.275. The van der Waals surface area contributed by atoms with Gasteiger partial charge in [-0.05, 0) is 29.3 Å². The molecule has 5 heteroatoms. The van der Waals surface area contributed by atoms with Crippen molar-refractivity contribution in [3.05, 3.63) is 58.6 Å². The number of methoxy groups -OCH3 is 1. The summed E-state index contributed by atoms with van der Waals surface area (Å²) in [5.41, 5.74) is 8.20. The molecule has 0 atom stereocenters. The molecular weight excluding hydrogens is 288 g/mol. The van der Waals surface area contributed by atoms with Gasteiger partial charge in [0.25, 0.3) is 0 Å². The molecule has 0 saturated heterocycles. The van der Waals surface area contributed by atoms with E-state index in [0.717, 1.165) is 11.1 Å². The molecule has 0 radical (unpaired) electrons. The summed E-state index contributed by atoms with van der Waals surface area (Å²) < 4.78 is 5.07. The van der Waals surface area contributed by atoms with E-state index in [4.69, 9.17) is 22.1 Å². The molecule has 0 aromatic heterocycles. The average Bonchev–Trinajstić information content (AvgIpc) is 2.48. The fourth-order valence-corrected chi connectivity index (χ4v) is 2.31. The number of nitrogens with two attached hydrogens (primary N) is 1. The van der Waals surface area contributed by atoms with Gasteiger partial charge in [0.1, 0.15) is 5.75 Å². The van der Waals surface area contributed by atoms with E-state index in [9.17, 15) is 4.79 Å². The molecule has 1 amide bonds. The second-order valence-electron chi connectivity index (χ2n) is 4.55. The van der Waals surface area contributed by atoms with E-state index in [2.05, 4.69) is 5.32 Å². The van der Waals surface area contributed by atoms with Gasteiger partial charge in [-0.3, -0.25) is 4.79 Å². The van der Waals surface area contributed by atoms with Crippen LogP contribution in [0.25, 0.3) is 0 Å². The van der Waals surface area contributed by atoms with E-state index in [1.165, 1.54) is 0 Å². The minimum atomic E-state index is -0.114. The summed E-state index contributed by atoms with van der Waals surface area (Å²) in [4.78, 5) is 12.1. The van der Waals surface area contributed by atoms with Crippen molar-refractivity contribution in [3.8, 4) is 5.75 Å². The Bertz CT molecular complexity index is 644. The first-order valence-electron chi connectivity index (χ1n) is 6.54. The smallest absolute Gasteiger partial charge is 0.228 e. The molecule has 4 nitrogen and oxygen atoms in total. The van der Waals surface area contributed by atoms with E-state index < -0.39 is 0 Å². The molecule has 2 rings (SSSR count). The molecule has 2 aromatic carbocycles. The number of halogens is 1. The Balaban J connectivity index is 2.06. The Kier molecular flexibility index (Phi) is 5.20. The van der Waals surface area contributed by atoms with Crippen LogP contribution < -0.4 is 15.8 Å². The number of carbonyl (C=O) groups is 1. The number of ether oxygens (including phenoxy) is 1. The Morgan fingerprint density at radius 1 is 1.24 bits per heavy atom. The largest absolute Gasteiger partial charge is 0.495 e. The molecule has 21 heavy (non-hydrogen) atoms. The number of carbonyl (C=O) groups excluding carboxylic acids is 1. The molecule has 3 N–H and O–H groups in total. The van der Waals surface area contributed by atoms with Gasteiger partial charge in [0.15, 0.2) is 0 Å². The molecule has 0 bridgehead atoms. The maximum atomic E-state index is 12.1. The van der Waals surface area contributed by atoms with E-state index >= 15 is 0 Å². The summed E-state index contributed by atoms with van der Waals surface area (Å²) in [6.45, 7) is 0.415. The molecule has 0 heterocycles. The van der Waals surface area contributed by atoms with Gasteiger partial charge in [0.2, 0.25) is 5.91 Å². The lowest BCUT2D eigenvalue weighted by Crippen LogP contribution is -2.16. The van der Waals surface area contributed by atoms with Crippen LogP contribution >= 0.6 is 11.6 Å². The first-order valence-corrected chi connectivity index (χ1v) is 6.92.